The highest BCUT2D eigenvalue weighted by Gasteiger charge is 2.01. The molecule has 0 aliphatic heterocycles. The fourth-order valence-corrected chi connectivity index (χ4v) is 1.93. The second-order valence-corrected chi connectivity index (χ2v) is 4.76. The SMILES string of the molecule is CC(C)Oc1cccc(-c2cccc(S)c2)c1. The lowest BCUT2D eigenvalue weighted by Gasteiger charge is -2.11. The molecule has 2 aromatic carbocycles. The Bertz CT molecular complexity index is 506. The zero-order valence-electron chi connectivity index (χ0n) is 10.1. The number of benzene rings is 2. The minimum atomic E-state index is 0.196. The first-order valence-electron chi connectivity index (χ1n) is 5.71. The second kappa shape index (κ2) is 5.28. The molecule has 0 heterocycles. The highest BCUT2D eigenvalue weighted by atomic mass is 32.1. The van der Waals surface area contributed by atoms with E-state index in [1.165, 1.54) is 0 Å². The van der Waals surface area contributed by atoms with Gasteiger partial charge >= 0.3 is 0 Å². The van der Waals surface area contributed by atoms with Gasteiger partial charge in [0.15, 0.2) is 0 Å². The van der Waals surface area contributed by atoms with Gasteiger partial charge in [-0.2, -0.15) is 0 Å². The molecule has 2 aromatic rings. The molecule has 1 nitrogen and oxygen atoms in total. The number of thiol groups is 1. The van der Waals surface area contributed by atoms with Crippen molar-refractivity contribution in [3.8, 4) is 16.9 Å². The number of rotatable bonds is 3. The van der Waals surface area contributed by atoms with Crippen LogP contribution in [0.15, 0.2) is 53.4 Å². The third kappa shape index (κ3) is 3.27. The van der Waals surface area contributed by atoms with Gasteiger partial charge in [0.05, 0.1) is 6.10 Å². The van der Waals surface area contributed by atoms with Crippen LogP contribution in [0, 0.1) is 0 Å². The molecule has 88 valence electrons. The minimum Gasteiger partial charge on any atom is -0.491 e. The summed E-state index contributed by atoms with van der Waals surface area (Å²) >= 11 is 4.35. The zero-order valence-corrected chi connectivity index (χ0v) is 10.9. The molecule has 2 heteroatoms. The summed E-state index contributed by atoms with van der Waals surface area (Å²) in [6, 6.07) is 16.2. The third-order valence-corrected chi connectivity index (χ3v) is 2.66. The molecule has 17 heavy (non-hydrogen) atoms. The van der Waals surface area contributed by atoms with Crippen LogP contribution in [0.2, 0.25) is 0 Å². The van der Waals surface area contributed by atoms with Gasteiger partial charge in [-0.1, -0.05) is 24.3 Å². The Morgan fingerprint density at radius 1 is 0.941 bits per heavy atom. The quantitative estimate of drug-likeness (QED) is 0.786. The summed E-state index contributed by atoms with van der Waals surface area (Å²) in [6.07, 6.45) is 0.196. The molecule has 0 atom stereocenters. The third-order valence-electron chi connectivity index (χ3n) is 2.39. The van der Waals surface area contributed by atoms with Crippen LogP contribution in [-0.4, -0.2) is 6.10 Å². The van der Waals surface area contributed by atoms with E-state index in [-0.39, 0.29) is 6.10 Å². The fourth-order valence-electron chi connectivity index (χ4n) is 1.71. The Kier molecular flexibility index (Phi) is 3.75. The van der Waals surface area contributed by atoms with Gasteiger partial charge < -0.3 is 4.74 Å². The van der Waals surface area contributed by atoms with E-state index < -0.39 is 0 Å². The normalized spacial score (nSPS) is 10.6. The number of hydrogen-bond acceptors (Lipinski definition) is 2. The maximum atomic E-state index is 5.69. The van der Waals surface area contributed by atoms with Crippen LogP contribution in [0.25, 0.3) is 11.1 Å². The Hall–Kier alpha value is -1.41. The van der Waals surface area contributed by atoms with Crippen LogP contribution in [0.4, 0.5) is 0 Å². The maximum Gasteiger partial charge on any atom is 0.120 e. The predicted octanol–water partition coefficient (Wildman–Crippen LogP) is 4.43. The van der Waals surface area contributed by atoms with Crippen molar-refractivity contribution in [3.63, 3.8) is 0 Å². The van der Waals surface area contributed by atoms with Crippen LogP contribution < -0.4 is 4.74 Å². The monoisotopic (exact) mass is 244 g/mol. The fraction of sp³-hybridized carbons (Fsp3) is 0.200. The molecular formula is C15H16OS. The standard InChI is InChI=1S/C15H16OS/c1-11(2)16-14-7-3-5-12(9-14)13-6-4-8-15(17)10-13/h3-11,17H,1-2H3. The molecule has 0 bridgehead atoms. The van der Waals surface area contributed by atoms with E-state index in [4.69, 9.17) is 4.74 Å². The summed E-state index contributed by atoms with van der Waals surface area (Å²) < 4.78 is 5.69. The van der Waals surface area contributed by atoms with Crippen molar-refractivity contribution in [1.82, 2.24) is 0 Å². The summed E-state index contributed by atoms with van der Waals surface area (Å²) in [5.74, 6) is 0.905. The largest absolute Gasteiger partial charge is 0.491 e. The summed E-state index contributed by atoms with van der Waals surface area (Å²) in [5, 5.41) is 0. The average Bonchev–Trinajstić information content (AvgIpc) is 2.28. The predicted molar refractivity (Wildman–Crippen MR) is 74.9 cm³/mol. The van der Waals surface area contributed by atoms with E-state index in [2.05, 4.69) is 36.9 Å². The van der Waals surface area contributed by atoms with Crippen molar-refractivity contribution in [2.75, 3.05) is 0 Å². The Balaban J connectivity index is 2.33. The van der Waals surface area contributed by atoms with Crippen LogP contribution in [0.5, 0.6) is 5.75 Å². The van der Waals surface area contributed by atoms with Gasteiger partial charge in [0, 0.05) is 4.90 Å². The van der Waals surface area contributed by atoms with E-state index in [9.17, 15) is 0 Å². The van der Waals surface area contributed by atoms with Gasteiger partial charge in [-0.25, -0.2) is 0 Å². The van der Waals surface area contributed by atoms with E-state index in [1.54, 1.807) is 0 Å². The molecule has 0 aliphatic carbocycles. The van der Waals surface area contributed by atoms with Crippen molar-refractivity contribution < 1.29 is 4.74 Å². The molecule has 0 fully saturated rings. The van der Waals surface area contributed by atoms with Gasteiger partial charge in [-0.3, -0.25) is 0 Å². The Labute approximate surface area is 108 Å². The summed E-state index contributed by atoms with van der Waals surface area (Å²) in [6.45, 7) is 4.06. The summed E-state index contributed by atoms with van der Waals surface area (Å²) in [5.41, 5.74) is 2.31. The maximum absolute atomic E-state index is 5.69. The van der Waals surface area contributed by atoms with E-state index in [0.29, 0.717) is 0 Å². The Morgan fingerprint density at radius 3 is 2.24 bits per heavy atom. The molecule has 0 saturated carbocycles. The highest BCUT2D eigenvalue weighted by molar-refractivity contribution is 7.80. The first-order chi connectivity index (χ1) is 8.15. The van der Waals surface area contributed by atoms with Crippen LogP contribution >= 0.6 is 12.6 Å². The number of hydrogen-bond donors (Lipinski definition) is 1. The van der Waals surface area contributed by atoms with Gasteiger partial charge in [0.1, 0.15) is 5.75 Å². The molecule has 0 N–H and O–H groups in total. The molecule has 0 unspecified atom stereocenters. The van der Waals surface area contributed by atoms with Crippen molar-refractivity contribution in [1.29, 1.82) is 0 Å². The minimum absolute atomic E-state index is 0.196. The Morgan fingerprint density at radius 2 is 1.59 bits per heavy atom. The first kappa shape index (κ1) is 12.1. The molecule has 2 rings (SSSR count). The van der Waals surface area contributed by atoms with Gasteiger partial charge in [-0.15, -0.1) is 12.6 Å². The van der Waals surface area contributed by atoms with Crippen LogP contribution in [-0.2, 0) is 0 Å². The van der Waals surface area contributed by atoms with Gasteiger partial charge in [0.25, 0.3) is 0 Å². The van der Waals surface area contributed by atoms with Gasteiger partial charge in [-0.05, 0) is 49.2 Å². The van der Waals surface area contributed by atoms with E-state index >= 15 is 0 Å². The molecule has 0 radical (unpaired) electrons. The van der Waals surface area contributed by atoms with E-state index in [1.807, 2.05) is 38.1 Å². The van der Waals surface area contributed by atoms with Crippen LogP contribution in [0.1, 0.15) is 13.8 Å². The first-order valence-corrected chi connectivity index (χ1v) is 6.16. The van der Waals surface area contributed by atoms with Crippen molar-refractivity contribution in [3.05, 3.63) is 48.5 Å². The van der Waals surface area contributed by atoms with Crippen LogP contribution in [0.3, 0.4) is 0 Å². The molecular weight excluding hydrogens is 228 g/mol. The van der Waals surface area contributed by atoms with Crippen molar-refractivity contribution >= 4 is 12.6 Å². The lowest BCUT2D eigenvalue weighted by molar-refractivity contribution is 0.242. The topological polar surface area (TPSA) is 9.23 Å². The lowest BCUT2D eigenvalue weighted by atomic mass is 10.1. The number of ether oxygens (including phenoxy) is 1. The second-order valence-electron chi connectivity index (χ2n) is 4.24. The lowest BCUT2D eigenvalue weighted by Crippen LogP contribution is -2.05. The van der Waals surface area contributed by atoms with Crippen molar-refractivity contribution in [2.45, 2.75) is 24.8 Å². The smallest absolute Gasteiger partial charge is 0.120 e. The summed E-state index contributed by atoms with van der Waals surface area (Å²) in [7, 11) is 0. The zero-order chi connectivity index (χ0) is 12.3. The molecule has 0 aromatic heterocycles. The summed E-state index contributed by atoms with van der Waals surface area (Å²) in [4.78, 5) is 0.970. The van der Waals surface area contributed by atoms with Gasteiger partial charge in [0.2, 0.25) is 0 Å². The average molecular weight is 244 g/mol. The molecule has 0 amide bonds. The highest BCUT2D eigenvalue weighted by Crippen LogP contribution is 2.25. The molecule has 0 saturated heterocycles. The van der Waals surface area contributed by atoms with Crippen molar-refractivity contribution in [2.24, 2.45) is 0 Å². The molecule has 0 spiro atoms. The molecule has 0 aliphatic rings. The van der Waals surface area contributed by atoms with E-state index in [0.717, 1.165) is 21.8 Å².